The summed E-state index contributed by atoms with van der Waals surface area (Å²) in [6.07, 6.45) is 5.29. The number of likely N-dealkylation sites (N-methyl/N-ethyl adjacent to an activating group) is 1. The van der Waals surface area contributed by atoms with Crippen LogP contribution in [0.4, 0.5) is 4.39 Å². The lowest BCUT2D eigenvalue weighted by Gasteiger charge is -2.07. The number of nitrogens with one attached hydrogen (secondary N) is 1. The Morgan fingerprint density at radius 3 is 3.10 bits per heavy atom. The van der Waals surface area contributed by atoms with Crippen LogP contribution >= 0.6 is 0 Å². The van der Waals surface area contributed by atoms with Gasteiger partial charge in [-0.1, -0.05) is 12.2 Å². The van der Waals surface area contributed by atoms with Gasteiger partial charge in [-0.15, -0.1) is 0 Å². The molecule has 56 valence electrons. The van der Waals surface area contributed by atoms with Crippen molar-refractivity contribution >= 4 is 0 Å². The van der Waals surface area contributed by atoms with E-state index in [0.29, 0.717) is 13.0 Å². The molecule has 10 heavy (non-hydrogen) atoms. The average molecular weight is 141 g/mol. The Labute approximate surface area is 60.6 Å². The minimum atomic E-state index is 0.0388. The second kappa shape index (κ2) is 3.52. The van der Waals surface area contributed by atoms with Gasteiger partial charge in [0, 0.05) is 13.0 Å². The lowest BCUT2D eigenvalue weighted by molar-refractivity contribution is 0.571. The molecule has 0 bridgehead atoms. The molecule has 1 aliphatic rings. The average Bonchev–Trinajstić information content (AvgIpc) is 1.94. The number of hydrogen-bond donors (Lipinski definition) is 1. The highest BCUT2D eigenvalue weighted by atomic mass is 19.1. The van der Waals surface area contributed by atoms with Crippen LogP contribution in [0.1, 0.15) is 12.8 Å². The maximum absolute atomic E-state index is 12.8. The van der Waals surface area contributed by atoms with Crippen LogP contribution in [-0.4, -0.2) is 13.6 Å². The van der Waals surface area contributed by atoms with E-state index in [9.17, 15) is 4.39 Å². The fourth-order valence-electron chi connectivity index (χ4n) is 1.03. The normalized spacial score (nSPS) is 18.2. The van der Waals surface area contributed by atoms with Crippen molar-refractivity contribution in [2.75, 3.05) is 13.6 Å². The van der Waals surface area contributed by atoms with Crippen molar-refractivity contribution < 1.29 is 4.39 Å². The van der Waals surface area contributed by atoms with Crippen molar-refractivity contribution in [2.24, 2.45) is 0 Å². The van der Waals surface area contributed by atoms with E-state index in [1.54, 1.807) is 0 Å². The molecule has 0 aromatic rings. The molecule has 0 fully saturated rings. The highest BCUT2D eigenvalue weighted by Gasteiger charge is 2.05. The number of allylic oxidation sites excluding steroid dienone is 2. The fraction of sp³-hybridized carbons (Fsp3) is 0.500. The van der Waals surface area contributed by atoms with Gasteiger partial charge in [-0.25, -0.2) is 4.39 Å². The molecule has 1 nitrogen and oxygen atoms in total. The summed E-state index contributed by atoms with van der Waals surface area (Å²) >= 11 is 0. The Morgan fingerprint density at radius 2 is 2.50 bits per heavy atom. The Kier molecular flexibility index (Phi) is 2.63. The molecule has 1 aliphatic carbocycles. The third-order valence-electron chi connectivity index (χ3n) is 1.57. The molecule has 0 saturated heterocycles. The lowest BCUT2D eigenvalue weighted by Crippen LogP contribution is -2.11. The third-order valence-corrected chi connectivity index (χ3v) is 1.57. The van der Waals surface area contributed by atoms with Gasteiger partial charge in [0.1, 0.15) is 5.83 Å². The molecule has 0 radical (unpaired) electrons. The number of halogens is 1. The van der Waals surface area contributed by atoms with Gasteiger partial charge in [0.2, 0.25) is 0 Å². The van der Waals surface area contributed by atoms with E-state index in [-0.39, 0.29) is 5.83 Å². The molecule has 0 spiro atoms. The second-order valence-electron chi connectivity index (χ2n) is 2.40. The maximum atomic E-state index is 12.8. The molecule has 0 saturated carbocycles. The van der Waals surface area contributed by atoms with Crippen LogP contribution < -0.4 is 5.32 Å². The summed E-state index contributed by atoms with van der Waals surface area (Å²) in [5, 5.41) is 2.92. The molecule has 0 amide bonds. The summed E-state index contributed by atoms with van der Waals surface area (Å²) in [5.74, 6) is 0.0388. The maximum Gasteiger partial charge on any atom is 0.105 e. The van der Waals surface area contributed by atoms with Gasteiger partial charge in [0.25, 0.3) is 0 Å². The minimum absolute atomic E-state index is 0.0388. The Balaban J connectivity index is 2.60. The Hall–Kier alpha value is -0.630. The first-order valence-electron chi connectivity index (χ1n) is 3.53. The number of rotatable bonds is 2. The molecular formula is C8H12FN. The topological polar surface area (TPSA) is 12.0 Å². The summed E-state index contributed by atoms with van der Waals surface area (Å²) in [6, 6.07) is 0. The van der Waals surface area contributed by atoms with Gasteiger partial charge in [-0.2, -0.15) is 0 Å². The third kappa shape index (κ3) is 1.67. The van der Waals surface area contributed by atoms with Crippen molar-refractivity contribution in [3.8, 4) is 0 Å². The summed E-state index contributed by atoms with van der Waals surface area (Å²) in [7, 11) is 1.82. The van der Waals surface area contributed by atoms with Crippen molar-refractivity contribution in [1.29, 1.82) is 0 Å². The van der Waals surface area contributed by atoms with Gasteiger partial charge in [0.15, 0.2) is 0 Å². The van der Waals surface area contributed by atoms with Crippen molar-refractivity contribution in [2.45, 2.75) is 12.8 Å². The van der Waals surface area contributed by atoms with Gasteiger partial charge in [-0.05, 0) is 19.0 Å². The van der Waals surface area contributed by atoms with Crippen LogP contribution in [0.3, 0.4) is 0 Å². The minimum Gasteiger partial charge on any atom is -0.316 e. The van der Waals surface area contributed by atoms with Crippen LogP contribution in [0.5, 0.6) is 0 Å². The molecular weight excluding hydrogens is 129 g/mol. The molecule has 0 aliphatic heterocycles. The van der Waals surface area contributed by atoms with E-state index < -0.39 is 0 Å². The molecule has 1 rings (SSSR count). The quantitative estimate of drug-likeness (QED) is 0.618. The first-order valence-corrected chi connectivity index (χ1v) is 3.53. The molecule has 0 aromatic heterocycles. The predicted molar refractivity (Wildman–Crippen MR) is 40.4 cm³/mol. The first kappa shape index (κ1) is 7.48. The molecule has 0 unspecified atom stereocenters. The second-order valence-corrected chi connectivity index (χ2v) is 2.40. The van der Waals surface area contributed by atoms with Crippen LogP contribution in [0, 0.1) is 0 Å². The highest BCUT2D eigenvalue weighted by molar-refractivity contribution is 5.26. The highest BCUT2D eigenvalue weighted by Crippen LogP contribution is 2.18. The lowest BCUT2D eigenvalue weighted by atomic mass is 10.1. The molecule has 2 heteroatoms. The zero-order valence-electron chi connectivity index (χ0n) is 6.15. The SMILES string of the molecule is CNCC1=C(F)CCC=C1. The largest absolute Gasteiger partial charge is 0.316 e. The first-order chi connectivity index (χ1) is 4.84. The Bertz CT molecular complexity index is 170. The van der Waals surface area contributed by atoms with Crippen LogP contribution in [0.2, 0.25) is 0 Å². The summed E-state index contributed by atoms with van der Waals surface area (Å²) in [6.45, 7) is 0.641. The van der Waals surface area contributed by atoms with Gasteiger partial charge in [-0.3, -0.25) is 0 Å². The van der Waals surface area contributed by atoms with E-state index in [2.05, 4.69) is 5.32 Å². The summed E-state index contributed by atoms with van der Waals surface area (Å²) in [5.41, 5.74) is 0.800. The van der Waals surface area contributed by atoms with E-state index >= 15 is 0 Å². The van der Waals surface area contributed by atoms with Crippen LogP contribution in [0.15, 0.2) is 23.6 Å². The number of hydrogen-bond acceptors (Lipinski definition) is 1. The summed E-state index contributed by atoms with van der Waals surface area (Å²) < 4.78 is 12.8. The van der Waals surface area contributed by atoms with Crippen LogP contribution in [0.25, 0.3) is 0 Å². The fourth-order valence-corrected chi connectivity index (χ4v) is 1.03. The van der Waals surface area contributed by atoms with E-state index in [1.165, 1.54) is 0 Å². The summed E-state index contributed by atoms with van der Waals surface area (Å²) in [4.78, 5) is 0. The zero-order valence-corrected chi connectivity index (χ0v) is 6.15. The van der Waals surface area contributed by atoms with Crippen molar-refractivity contribution in [3.63, 3.8) is 0 Å². The predicted octanol–water partition coefficient (Wildman–Crippen LogP) is 1.78. The Morgan fingerprint density at radius 1 is 1.70 bits per heavy atom. The van der Waals surface area contributed by atoms with Crippen LogP contribution in [-0.2, 0) is 0 Å². The molecule has 1 N–H and O–H groups in total. The van der Waals surface area contributed by atoms with Gasteiger partial charge in [0.05, 0.1) is 0 Å². The smallest absolute Gasteiger partial charge is 0.105 e. The zero-order chi connectivity index (χ0) is 7.40. The van der Waals surface area contributed by atoms with Crippen molar-refractivity contribution in [3.05, 3.63) is 23.6 Å². The molecule has 0 atom stereocenters. The van der Waals surface area contributed by atoms with Crippen molar-refractivity contribution in [1.82, 2.24) is 5.32 Å². The molecule has 0 heterocycles. The van der Waals surface area contributed by atoms with E-state index in [1.807, 2.05) is 19.2 Å². The van der Waals surface area contributed by atoms with E-state index in [4.69, 9.17) is 0 Å². The van der Waals surface area contributed by atoms with Gasteiger partial charge < -0.3 is 5.32 Å². The van der Waals surface area contributed by atoms with Gasteiger partial charge >= 0.3 is 0 Å². The monoisotopic (exact) mass is 141 g/mol. The van der Waals surface area contributed by atoms with E-state index in [0.717, 1.165) is 12.0 Å². The standard InChI is InChI=1S/C8H12FN/c1-10-6-7-4-2-3-5-8(7)9/h2,4,10H,3,5-6H2,1H3. The molecule has 0 aromatic carbocycles.